The van der Waals surface area contributed by atoms with E-state index in [9.17, 15) is 9.90 Å². The normalized spacial score (nSPS) is 17.6. The van der Waals surface area contributed by atoms with E-state index >= 15 is 0 Å². The monoisotopic (exact) mass is 461 g/mol. The minimum atomic E-state index is 0.315. The summed E-state index contributed by atoms with van der Waals surface area (Å²) in [6.45, 7) is 5.26. The van der Waals surface area contributed by atoms with Crippen molar-refractivity contribution in [3.8, 4) is 5.75 Å². The van der Waals surface area contributed by atoms with Crippen LogP contribution in [-0.2, 0) is 9.53 Å². The van der Waals surface area contributed by atoms with Gasteiger partial charge in [-0.2, -0.15) is 0 Å². The molecule has 8 nitrogen and oxygen atoms in total. The smallest absolute Gasteiger partial charge is 0.209 e. The first kappa shape index (κ1) is 22.4. The third-order valence-electron chi connectivity index (χ3n) is 6.94. The average Bonchev–Trinajstić information content (AvgIpc) is 3.49. The number of pyridine rings is 1. The van der Waals surface area contributed by atoms with Crippen molar-refractivity contribution < 1.29 is 14.6 Å². The Morgan fingerprint density at radius 3 is 2.59 bits per heavy atom. The largest absolute Gasteiger partial charge is 0.506 e. The number of aromatic hydroxyl groups is 1. The van der Waals surface area contributed by atoms with Gasteiger partial charge in [0.1, 0.15) is 11.6 Å². The minimum absolute atomic E-state index is 0.315. The number of hydrogen-bond acceptors (Lipinski definition) is 5. The predicted molar refractivity (Wildman–Crippen MR) is 131 cm³/mol. The van der Waals surface area contributed by atoms with Crippen LogP contribution in [0.1, 0.15) is 54.6 Å². The lowest BCUT2D eigenvalue weighted by molar-refractivity contribution is -0.119. The van der Waals surface area contributed by atoms with E-state index in [0.29, 0.717) is 17.6 Å². The van der Waals surface area contributed by atoms with E-state index in [4.69, 9.17) is 9.72 Å². The third-order valence-corrected chi connectivity index (χ3v) is 6.94. The van der Waals surface area contributed by atoms with E-state index in [2.05, 4.69) is 21.0 Å². The molecule has 0 spiro atoms. The molecule has 1 aromatic carbocycles. The van der Waals surface area contributed by atoms with Gasteiger partial charge in [-0.25, -0.2) is 9.97 Å². The summed E-state index contributed by atoms with van der Waals surface area (Å²) in [5, 5.41) is 10.4. The maximum atomic E-state index is 10.9. The standard InChI is InChI=1S/C17H22N4O2.C9H9NO/c22-11-21-7-2-12(3-8-21)14-1-6-18-17-15(14)19-16(20-17)13-4-9-23-10-5-13;1-6-5-7-3-2-4-8(11)9(7)10-6/h1,6,11-13H,2-5,7-10H2,(H,18,19,20);2-5,10-11H,1H3. The number of fused-ring (bicyclic) bond motifs is 2. The fraction of sp³-hybridized carbons (Fsp3) is 0.423. The summed E-state index contributed by atoms with van der Waals surface area (Å²) in [6, 6.07) is 9.60. The Labute approximate surface area is 198 Å². The number of likely N-dealkylation sites (tertiary alicyclic amines) is 1. The lowest BCUT2D eigenvalue weighted by atomic mass is 9.89. The van der Waals surface area contributed by atoms with Crippen molar-refractivity contribution in [2.45, 2.75) is 44.4 Å². The lowest BCUT2D eigenvalue weighted by Crippen LogP contribution is -2.31. The van der Waals surface area contributed by atoms with E-state index in [1.807, 2.05) is 36.2 Å². The van der Waals surface area contributed by atoms with Crippen molar-refractivity contribution in [1.82, 2.24) is 24.8 Å². The van der Waals surface area contributed by atoms with E-state index in [0.717, 1.165) is 92.0 Å². The molecule has 178 valence electrons. The number of nitrogens with one attached hydrogen (secondary N) is 2. The average molecular weight is 462 g/mol. The van der Waals surface area contributed by atoms with Crippen LogP contribution in [-0.4, -0.2) is 62.7 Å². The highest BCUT2D eigenvalue weighted by atomic mass is 16.5. The zero-order valence-electron chi connectivity index (χ0n) is 19.5. The number of hydrogen-bond donors (Lipinski definition) is 3. The Morgan fingerprint density at radius 2 is 1.85 bits per heavy atom. The third kappa shape index (κ3) is 4.63. The summed E-state index contributed by atoms with van der Waals surface area (Å²) in [4.78, 5) is 28.5. The quantitative estimate of drug-likeness (QED) is 0.393. The van der Waals surface area contributed by atoms with Gasteiger partial charge >= 0.3 is 0 Å². The number of para-hydroxylation sites is 1. The number of aromatic amines is 2. The van der Waals surface area contributed by atoms with Crippen molar-refractivity contribution in [2.75, 3.05) is 26.3 Å². The molecule has 2 fully saturated rings. The molecule has 2 aliphatic heterocycles. The number of phenols is 1. The summed E-state index contributed by atoms with van der Waals surface area (Å²) in [6.07, 6.45) is 6.86. The Hall–Kier alpha value is -3.39. The molecule has 3 N–H and O–H groups in total. The number of benzene rings is 1. The van der Waals surface area contributed by atoms with Crippen molar-refractivity contribution in [3.63, 3.8) is 0 Å². The molecule has 0 bridgehead atoms. The molecular weight excluding hydrogens is 430 g/mol. The van der Waals surface area contributed by atoms with Crippen LogP contribution in [0.5, 0.6) is 5.75 Å². The van der Waals surface area contributed by atoms with Crippen molar-refractivity contribution in [2.24, 2.45) is 0 Å². The Bertz CT molecular complexity index is 1270. The second-order valence-electron chi connectivity index (χ2n) is 9.22. The number of phenolic OH excluding ortho intramolecular Hbond substituents is 1. The van der Waals surface area contributed by atoms with Gasteiger partial charge in [-0.05, 0) is 62.3 Å². The summed E-state index contributed by atoms with van der Waals surface area (Å²) in [7, 11) is 0. The van der Waals surface area contributed by atoms with Crippen LogP contribution in [0.4, 0.5) is 0 Å². The molecule has 6 rings (SSSR count). The number of aryl methyl sites for hydroxylation is 1. The number of ether oxygens (including phenoxy) is 1. The molecule has 8 heteroatoms. The molecule has 4 aromatic rings. The number of nitrogens with zero attached hydrogens (tertiary/aromatic N) is 3. The van der Waals surface area contributed by atoms with Crippen LogP contribution in [0.3, 0.4) is 0 Å². The van der Waals surface area contributed by atoms with E-state index in [1.54, 1.807) is 6.07 Å². The van der Waals surface area contributed by atoms with E-state index in [-0.39, 0.29) is 0 Å². The fourth-order valence-electron chi connectivity index (χ4n) is 5.05. The summed E-state index contributed by atoms with van der Waals surface area (Å²) in [5.74, 6) is 2.28. The van der Waals surface area contributed by atoms with Crippen molar-refractivity contribution in [1.29, 1.82) is 0 Å². The highest BCUT2D eigenvalue weighted by molar-refractivity contribution is 5.85. The van der Waals surface area contributed by atoms with Crippen molar-refractivity contribution in [3.05, 3.63) is 53.6 Å². The first-order valence-corrected chi connectivity index (χ1v) is 12.0. The van der Waals surface area contributed by atoms with Gasteiger partial charge in [0.2, 0.25) is 6.41 Å². The van der Waals surface area contributed by atoms with Gasteiger partial charge < -0.3 is 24.7 Å². The maximum absolute atomic E-state index is 10.9. The van der Waals surface area contributed by atoms with Crippen LogP contribution in [0, 0.1) is 6.92 Å². The van der Waals surface area contributed by atoms with Gasteiger partial charge in [0.25, 0.3) is 0 Å². The first-order chi connectivity index (χ1) is 16.6. The molecule has 5 heterocycles. The van der Waals surface area contributed by atoms with Gasteiger partial charge in [-0.1, -0.05) is 12.1 Å². The number of carbonyl (C=O) groups excluding carboxylic acids is 1. The van der Waals surface area contributed by atoms with Gasteiger partial charge in [0.15, 0.2) is 5.65 Å². The van der Waals surface area contributed by atoms with Gasteiger partial charge in [-0.15, -0.1) is 0 Å². The van der Waals surface area contributed by atoms with Gasteiger partial charge in [-0.3, -0.25) is 4.79 Å². The second kappa shape index (κ2) is 9.85. The zero-order chi connectivity index (χ0) is 23.5. The molecule has 0 atom stereocenters. The molecule has 0 saturated carbocycles. The SMILES string of the molecule is Cc1cc2cccc(O)c2[nH]1.O=CN1CCC(c2ccnc3nc(C4CCOCC4)[nH]c23)CC1. The molecule has 0 radical (unpaired) electrons. The lowest BCUT2D eigenvalue weighted by Gasteiger charge is -2.29. The number of rotatable bonds is 3. The zero-order valence-corrected chi connectivity index (χ0v) is 19.5. The highest BCUT2D eigenvalue weighted by Gasteiger charge is 2.24. The molecule has 3 aromatic heterocycles. The Balaban J connectivity index is 0.000000183. The first-order valence-electron chi connectivity index (χ1n) is 12.0. The number of amides is 1. The summed E-state index contributed by atoms with van der Waals surface area (Å²) >= 11 is 0. The molecule has 2 saturated heterocycles. The Morgan fingerprint density at radius 1 is 1.06 bits per heavy atom. The summed E-state index contributed by atoms with van der Waals surface area (Å²) < 4.78 is 5.44. The molecule has 34 heavy (non-hydrogen) atoms. The van der Waals surface area contributed by atoms with Gasteiger partial charge in [0, 0.05) is 49.5 Å². The van der Waals surface area contributed by atoms with E-state index < -0.39 is 0 Å². The van der Waals surface area contributed by atoms with Crippen LogP contribution < -0.4 is 0 Å². The topological polar surface area (TPSA) is 107 Å². The molecule has 0 unspecified atom stereocenters. The van der Waals surface area contributed by atoms with Crippen LogP contribution in [0.2, 0.25) is 0 Å². The molecular formula is C26H31N5O3. The van der Waals surface area contributed by atoms with Crippen molar-refractivity contribution >= 4 is 28.5 Å². The number of carbonyl (C=O) groups is 1. The molecule has 0 aliphatic carbocycles. The second-order valence-corrected chi connectivity index (χ2v) is 9.22. The van der Waals surface area contributed by atoms with Crippen LogP contribution in [0.25, 0.3) is 22.1 Å². The van der Waals surface area contributed by atoms with Crippen LogP contribution >= 0.6 is 0 Å². The van der Waals surface area contributed by atoms with E-state index in [1.165, 1.54) is 5.56 Å². The maximum Gasteiger partial charge on any atom is 0.209 e. The highest BCUT2D eigenvalue weighted by Crippen LogP contribution is 2.33. The molecule has 2 aliphatic rings. The number of aromatic nitrogens is 4. The number of piperidine rings is 1. The number of H-pyrrole nitrogens is 2. The number of imidazole rings is 1. The predicted octanol–water partition coefficient (Wildman–Crippen LogP) is 4.37. The van der Waals surface area contributed by atoms with Gasteiger partial charge in [0.05, 0.1) is 11.0 Å². The Kier molecular flexibility index (Phi) is 6.49. The fourth-order valence-corrected chi connectivity index (χ4v) is 5.05. The van der Waals surface area contributed by atoms with Crippen LogP contribution in [0.15, 0.2) is 36.5 Å². The minimum Gasteiger partial charge on any atom is -0.506 e. The summed E-state index contributed by atoms with van der Waals surface area (Å²) in [5.41, 5.74) is 5.10. The molecule has 1 amide bonds.